The summed E-state index contributed by atoms with van der Waals surface area (Å²) in [4.78, 5) is 66.4. The topological polar surface area (TPSA) is 156 Å². The molecule has 0 saturated heterocycles. The van der Waals surface area contributed by atoms with Crippen molar-refractivity contribution < 1.29 is 34.2 Å². The van der Waals surface area contributed by atoms with Crippen LogP contribution < -0.4 is 15.5 Å². The first kappa shape index (κ1) is 30.1. The monoisotopic (exact) mass is 544 g/mol. The summed E-state index contributed by atoms with van der Waals surface area (Å²) in [6, 6.07) is 6.15. The van der Waals surface area contributed by atoms with Crippen molar-refractivity contribution in [2.24, 2.45) is 11.3 Å². The highest BCUT2D eigenvalue weighted by Crippen LogP contribution is 2.44. The van der Waals surface area contributed by atoms with E-state index in [-0.39, 0.29) is 18.7 Å². The molecule has 1 aliphatic heterocycles. The molecule has 11 heteroatoms. The minimum absolute atomic E-state index is 0.00420. The molecule has 1 heterocycles. The van der Waals surface area contributed by atoms with Crippen molar-refractivity contribution in [1.82, 2.24) is 15.5 Å². The number of fused-ring (bicyclic) bond motifs is 1. The number of rotatable bonds is 13. The highest BCUT2D eigenvalue weighted by atomic mass is 16.4. The molecule has 39 heavy (non-hydrogen) atoms. The Bertz CT molecular complexity index is 1070. The van der Waals surface area contributed by atoms with Crippen LogP contribution in [0.15, 0.2) is 24.3 Å². The van der Waals surface area contributed by atoms with Crippen LogP contribution in [0.3, 0.4) is 0 Å². The van der Waals surface area contributed by atoms with Crippen molar-refractivity contribution in [2.45, 2.75) is 63.8 Å². The zero-order valence-electron chi connectivity index (χ0n) is 22.8. The van der Waals surface area contributed by atoms with Crippen molar-refractivity contribution >= 4 is 35.3 Å². The quantitative estimate of drug-likeness (QED) is 0.273. The van der Waals surface area contributed by atoms with Crippen LogP contribution in [0.5, 0.6) is 0 Å². The lowest BCUT2D eigenvalue weighted by atomic mass is 9.75. The van der Waals surface area contributed by atoms with Crippen molar-refractivity contribution in [3.8, 4) is 0 Å². The first-order valence-corrected chi connectivity index (χ1v) is 13.6. The summed E-state index contributed by atoms with van der Waals surface area (Å²) in [5.41, 5.74) is 0.328. The number of anilines is 1. The summed E-state index contributed by atoms with van der Waals surface area (Å²) in [5, 5.41) is 25.3. The molecular weight excluding hydrogens is 504 g/mol. The number of carbonyl (C=O) groups excluding carboxylic acids is 3. The lowest BCUT2D eigenvalue weighted by Gasteiger charge is -2.33. The SMILES string of the molecule is CNCCCN(C)C(=O)CC(CC1(C(=O)NC2CCc3ccccc3N(CC(=O)O)C2=O)CCCC1)C(=O)O. The van der Waals surface area contributed by atoms with Crippen molar-refractivity contribution in [1.29, 1.82) is 0 Å². The molecule has 0 aromatic heterocycles. The number of carboxylic acids is 2. The van der Waals surface area contributed by atoms with E-state index in [1.54, 1.807) is 19.2 Å². The maximum atomic E-state index is 13.8. The van der Waals surface area contributed by atoms with E-state index in [4.69, 9.17) is 0 Å². The van der Waals surface area contributed by atoms with Gasteiger partial charge in [-0.2, -0.15) is 0 Å². The first-order chi connectivity index (χ1) is 18.6. The van der Waals surface area contributed by atoms with E-state index in [9.17, 15) is 34.2 Å². The summed E-state index contributed by atoms with van der Waals surface area (Å²) >= 11 is 0. The number of amides is 3. The minimum Gasteiger partial charge on any atom is -0.481 e. The fourth-order valence-corrected chi connectivity index (χ4v) is 5.74. The smallest absolute Gasteiger partial charge is 0.323 e. The Morgan fingerprint density at radius 1 is 1.15 bits per heavy atom. The first-order valence-electron chi connectivity index (χ1n) is 13.6. The van der Waals surface area contributed by atoms with Crippen LogP contribution in [0, 0.1) is 11.3 Å². The number of benzene rings is 1. The highest BCUT2D eigenvalue weighted by Gasteiger charge is 2.46. The maximum absolute atomic E-state index is 13.8. The largest absolute Gasteiger partial charge is 0.481 e. The lowest BCUT2D eigenvalue weighted by Crippen LogP contribution is -2.53. The van der Waals surface area contributed by atoms with Crippen molar-refractivity contribution in [3.05, 3.63) is 29.8 Å². The van der Waals surface area contributed by atoms with Gasteiger partial charge in [-0.05, 0) is 63.7 Å². The molecule has 4 N–H and O–H groups in total. The predicted octanol–water partition coefficient (Wildman–Crippen LogP) is 1.64. The van der Waals surface area contributed by atoms with Crippen LogP contribution in [0.2, 0.25) is 0 Å². The average molecular weight is 545 g/mol. The van der Waals surface area contributed by atoms with E-state index in [1.165, 1.54) is 9.80 Å². The Balaban J connectivity index is 1.76. The third-order valence-electron chi connectivity index (χ3n) is 7.94. The van der Waals surface area contributed by atoms with Gasteiger partial charge in [0.05, 0.1) is 11.3 Å². The van der Waals surface area contributed by atoms with Gasteiger partial charge in [0.15, 0.2) is 0 Å². The second kappa shape index (κ2) is 13.5. The van der Waals surface area contributed by atoms with Crippen LogP contribution >= 0.6 is 0 Å². The third-order valence-corrected chi connectivity index (χ3v) is 7.94. The Labute approximate surface area is 228 Å². The standard InChI is InChI=1S/C28H40N4O7/c1-29-14-7-15-31(2)23(33)16-20(26(37)38)17-28(12-5-6-13-28)27(39)30-21-11-10-19-8-3-4-9-22(19)32(25(21)36)18-24(34)35/h3-4,8-9,20-21,29H,5-7,10-18H2,1-2H3,(H,30,39)(H,34,35)(H,37,38). The van der Waals surface area contributed by atoms with E-state index in [0.29, 0.717) is 37.9 Å². The Morgan fingerprint density at radius 3 is 2.49 bits per heavy atom. The molecule has 3 rings (SSSR count). The van der Waals surface area contributed by atoms with Crippen molar-refractivity contribution in [3.63, 3.8) is 0 Å². The fourth-order valence-electron chi connectivity index (χ4n) is 5.74. The normalized spacial score (nSPS) is 19.1. The van der Waals surface area contributed by atoms with Gasteiger partial charge in [-0.15, -0.1) is 0 Å². The van der Waals surface area contributed by atoms with E-state index in [1.807, 2.05) is 19.2 Å². The van der Waals surface area contributed by atoms with E-state index < -0.39 is 47.7 Å². The van der Waals surface area contributed by atoms with Crippen LogP contribution in [-0.4, -0.2) is 84.5 Å². The van der Waals surface area contributed by atoms with Gasteiger partial charge in [0.2, 0.25) is 17.7 Å². The van der Waals surface area contributed by atoms with Gasteiger partial charge >= 0.3 is 11.9 Å². The zero-order chi connectivity index (χ0) is 28.6. The summed E-state index contributed by atoms with van der Waals surface area (Å²) in [6.07, 6.45) is 3.73. The molecule has 1 saturated carbocycles. The molecule has 1 fully saturated rings. The number of nitrogens with zero attached hydrogens (tertiary/aromatic N) is 2. The minimum atomic E-state index is -1.16. The molecule has 0 bridgehead atoms. The van der Waals surface area contributed by atoms with Crippen LogP contribution in [0.25, 0.3) is 0 Å². The molecule has 1 aliphatic carbocycles. The van der Waals surface area contributed by atoms with E-state index in [0.717, 1.165) is 31.4 Å². The van der Waals surface area contributed by atoms with Crippen LogP contribution in [0.1, 0.15) is 56.9 Å². The molecule has 11 nitrogen and oxygen atoms in total. The molecular formula is C28H40N4O7. The molecule has 0 radical (unpaired) electrons. The number of hydrogen-bond acceptors (Lipinski definition) is 6. The number of carboxylic acid groups (broad SMARTS) is 2. The summed E-state index contributed by atoms with van der Waals surface area (Å²) < 4.78 is 0. The van der Waals surface area contributed by atoms with Gasteiger partial charge in [-0.3, -0.25) is 28.9 Å². The molecule has 1 aromatic carbocycles. The van der Waals surface area contributed by atoms with Gasteiger partial charge in [0.25, 0.3) is 0 Å². The molecule has 3 amide bonds. The highest BCUT2D eigenvalue weighted by molar-refractivity contribution is 6.03. The number of hydrogen-bond donors (Lipinski definition) is 4. The van der Waals surface area contributed by atoms with Gasteiger partial charge in [-0.1, -0.05) is 31.0 Å². The number of nitrogens with one attached hydrogen (secondary N) is 2. The van der Waals surface area contributed by atoms with E-state index in [2.05, 4.69) is 10.6 Å². The summed E-state index contributed by atoms with van der Waals surface area (Å²) in [7, 11) is 3.47. The van der Waals surface area contributed by atoms with Crippen LogP contribution in [0.4, 0.5) is 5.69 Å². The number of aliphatic carboxylic acids is 2. The second-order valence-electron chi connectivity index (χ2n) is 10.7. The molecule has 0 spiro atoms. The second-order valence-corrected chi connectivity index (χ2v) is 10.7. The Kier molecular flexibility index (Phi) is 10.4. The fraction of sp³-hybridized carbons (Fsp3) is 0.607. The van der Waals surface area contributed by atoms with Crippen LogP contribution in [-0.2, 0) is 30.4 Å². The summed E-state index contributed by atoms with van der Waals surface area (Å²) in [5.74, 6) is -4.52. The number of carbonyl (C=O) groups is 5. The van der Waals surface area contributed by atoms with Crippen molar-refractivity contribution in [2.75, 3.05) is 38.6 Å². The van der Waals surface area contributed by atoms with Gasteiger partial charge in [0, 0.05) is 25.7 Å². The Morgan fingerprint density at radius 2 is 1.85 bits per heavy atom. The van der Waals surface area contributed by atoms with Gasteiger partial charge in [0.1, 0.15) is 12.6 Å². The number of para-hydroxylation sites is 1. The lowest BCUT2D eigenvalue weighted by molar-refractivity contribution is -0.148. The predicted molar refractivity (Wildman–Crippen MR) is 144 cm³/mol. The molecule has 2 atom stereocenters. The molecule has 2 unspecified atom stereocenters. The average Bonchev–Trinajstić information content (AvgIpc) is 3.34. The number of aryl methyl sites for hydroxylation is 1. The zero-order valence-corrected chi connectivity index (χ0v) is 22.8. The maximum Gasteiger partial charge on any atom is 0.323 e. The van der Waals surface area contributed by atoms with E-state index >= 15 is 0 Å². The van der Waals surface area contributed by atoms with Gasteiger partial charge in [-0.25, -0.2) is 0 Å². The van der Waals surface area contributed by atoms with Gasteiger partial charge < -0.3 is 25.7 Å². The molecule has 1 aromatic rings. The molecule has 214 valence electrons. The Hall–Kier alpha value is -3.47. The summed E-state index contributed by atoms with van der Waals surface area (Å²) in [6.45, 7) is 0.702. The molecule has 2 aliphatic rings. The third kappa shape index (κ3) is 7.56.